The Labute approximate surface area is 81.0 Å². The Morgan fingerprint density at radius 1 is 1.69 bits per heavy atom. The number of rotatable bonds is 6. The highest BCUT2D eigenvalue weighted by Gasteiger charge is 2.22. The first-order valence-electron chi connectivity index (χ1n) is 4.51. The minimum atomic E-state index is -0.123. The second-order valence-electron chi connectivity index (χ2n) is 3.54. The minimum absolute atomic E-state index is 0.0467. The van der Waals surface area contributed by atoms with Crippen LogP contribution in [-0.2, 0) is 4.74 Å². The molecular formula is C10H20N2O. The quantitative estimate of drug-likeness (QED) is 0.586. The van der Waals surface area contributed by atoms with Crippen molar-refractivity contribution in [1.29, 1.82) is 0 Å². The van der Waals surface area contributed by atoms with Gasteiger partial charge >= 0.3 is 0 Å². The van der Waals surface area contributed by atoms with Crippen LogP contribution in [0.2, 0.25) is 0 Å². The Bertz CT molecular complexity index is 176. The van der Waals surface area contributed by atoms with Gasteiger partial charge in [-0.2, -0.15) is 0 Å². The topological polar surface area (TPSA) is 47.3 Å². The smallest absolute Gasteiger partial charge is 0.0662 e. The van der Waals surface area contributed by atoms with Gasteiger partial charge in [-0.1, -0.05) is 5.92 Å². The van der Waals surface area contributed by atoms with E-state index in [1.165, 1.54) is 0 Å². The zero-order valence-corrected chi connectivity index (χ0v) is 8.76. The normalized spacial score (nSPS) is 17.5. The van der Waals surface area contributed by atoms with Crippen LogP contribution < -0.4 is 11.1 Å². The standard InChI is InChI=1S/C10H20N2O/c1-5-9(2)12-10(3,8-11)6-7-13-4/h1,9,12H,6-8,11H2,2-4H3. The highest BCUT2D eigenvalue weighted by Crippen LogP contribution is 2.08. The molecule has 0 aliphatic rings. The molecule has 0 saturated heterocycles. The molecule has 0 saturated carbocycles. The number of terminal acetylenes is 1. The van der Waals surface area contributed by atoms with Crippen molar-refractivity contribution in [3.63, 3.8) is 0 Å². The zero-order valence-electron chi connectivity index (χ0n) is 8.76. The molecule has 0 aromatic rings. The Hall–Kier alpha value is -0.560. The summed E-state index contributed by atoms with van der Waals surface area (Å²) in [5.41, 5.74) is 5.54. The lowest BCUT2D eigenvalue weighted by Crippen LogP contribution is -2.52. The summed E-state index contributed by atoms with van der Waals surface area (Å²) in [6.45, 7) is 5.25. The number of methoxy groups -OCH3 is 1. The summed E-state index contributed by atoms with van der Waals surface area (Å²) in [6.07, 6.45) is 6.15. The van der Waals surface area contributed by atoms with Gasteiger partial charge in [-0.05, 0) is 20.3 Å². The van der Waals surface area contributed by atoms with Crippen molar-refractivity contribution in [2.24, 2.45) is 5.73 Å². The van der Waals surface area contributed by atoms with Crippen LogP contribution in [0.3, 0.4) is 0 Å². The molecule has 0 aliphatic heterocycles. The SMILES string of the molecule is C#CC(C)NC(C)(CN)CCOC. The first-order chi connectivity index (χ1) is 6.08. The molecular weight excluding hydrogens is 164 g/mol. The number of nitrogens with two attached hydrogens (primary N) is 1. The van der Waals surface area contributed by atoms with E-state index in [1.807, 2.05) is 6.92 Å². The lowest BCUT2D eigenvalue weighted by Gasteiger charge is -2.31. The largest absolute Gasteiger partial charge is 0.385 e. The monoisotopic (exact) mass is 184 g/mol. The molecule has 2 unspecified atom stereocenters. The van der Waals surface area contributed by atoms with Crippen LogP contribution in [0, 0.1) is 12.3 Å². The zero-order chi connectivity index (χ0) is 10.3. The number of nitrogens with one attached hydrogen (secondary N) is 1. The first kappa shape index (κ1) is 12.4. The van der Waals surface area contributed by atoms with Crippen molar-refractivity contribution in [3.8, 4) is 12.3 Å². The van der Waals surface area contributed by atoms with E-state index >= 15 is 0 Å². The van der Waals surface area contributed by atoms with Gasteiger partial charge in [-0.3, -0.25) is 5.32 Å². The van der Waals surface area contributed by atoms with Gasteiger partial charge in [0.05, 0.1) is 6.04 Å². The van der Waals surface area contributed by atoms with Gasteiger partial charge in [0.25, 0.3) is 0 Å². The summed E-state index contributed by atoms with van der Waals surface area (Å²) in [7, 11) is 1.68. The number of hydrogen-bond acceptors (Lipinski definition) is 3. The molecule has 0 heterocycles. The Balaban J connectivity index is 4.04. The molecule has 3 heteroatoms. The number of hydrogen-bond donors (Lipinski definition) is 2. The summed E-state index contributed by atoms with van der Waals surface area (Å²) < 4.78 is 5.01. The lowest BCUT2D eigenvalue weighted by atomic mass is 9.97. The van der Waals surface area contributed by atoms with Crippen LogP contribution >= 0.6 is 0 Å². The van der Waals surface area contributed by atoms with Gasteiger partial charge in [0.15, 0.2) is 0 Å². The van der Waals surface area contributed by atoms with Crippen molar-refractivity contribution in [1.82, 2.24) is 5.32 Å². The third-order valence-corrected chi connectivity index (χ3v) is 2.12. The molecule has 2 atom stereocenters. The molecule has 76 valence electrons. The van der Waals surface area contributed by atoms with Crippen LogP contribution in [0.5, 0.6) is 0 Å². The van der Waals surface area contributed by atoms with Crippen LogP contribution in [0.1, 0.15) is 20.3 Å². The average molecular weight is 184 g/mol. The molecule has 0 aliphatic carbocycles. The molecule has 3 N–H and O–H groups in total. The Morgan fingerprint density at radius 2 is 2.31 bits per heavy atom. The third-order valence-electron chi connectivity index (χ3n) is 2.12. The maximum absolute atomic E-state index is 5.66. The van der Waals surface area contributed by atoms with Crippen molar-refractivity contribution in [2.45, 2.75) is 31.8 Å². The van der Waals surface area contributed by atoms with Crippen LogP contribution in [0.25, 0.3) is 0 Å². The Kier molecular flexibility index (Phi) is 5.72. The van der Waals surface area contributed by atoms with Gasteiger partial charge in [-0.25, -0.2) is 0 Å². The van der Waals surface area contributed by atoms with Crippen molar-refractivity contribution >= 4 is 0 Å². The van der Waals surface area contributed by atoms with Crippen LogP contribution in [-0.4, -0.2) is 31.8 Å². The van der Waals surface area contributed by atoms with Gasteiger partial charge in [0.1, 0.15) is 0 Å². The van der Waals surface area contributed by atoms with Gasteiger partial charge in [-0.15, -0.1) is 6.42 Å². The summed E-state index contributed by atoms with van der Waals surface area (Å²) in [5.74, 6) is 2.62. The highest BCUT2D eigenvalue weighted by molar-refractivity contribution is 5.00. The molecule has 0 aromatic heterocycles. The van der Waals surface area contributed by atoms with E-state index in [0.29, 0.717) is 13.2 Å². The highest BCUT2D eigenvalue weighted by atomic mass is 16.5. The van der Waals surface area contributed by atoms with E-state index in [1.54, 1.807) is 7.11 Å². The molecule has 13 heavy (non-hydrogen) atoms. The molecule has 0 spiro atoms. The Morgan fingerprint density at radius 3 is 2.69 bits per heavy atom. The summed E-state index contributed by atoms with van der Waals surface area (Å²) in [4.78, 5) is 0. The molecule has 0 fully saturated rings. The van der Waals surface area contributed by atoms with E-state index in [4.69, 9.17) is 16.9 Å². The summed E-state index contributed by atoms with van der Waals surface area (Å²) >= 11 is 0. The van der Waals surface area contributed by atoms with Crippen molar-refractivity contribution in [3.05, 3.63) is 0 Å². The lowest BCUT2D eigenvalue weighted by molar-refractivity contribution is 0.160. The third kappa shape index (κ3) is 4.89. The summed E-state index contributed by atoms with van der Waals surface area (Å²) in [5, 5.41) is 3.29. The van der Waals surface area contributed by atoms with Gasteiger partial charge < -0.3 is 10.5 Å². The van der Waals surface area contributed by atoms with E-state index in [-0.39, 0.29) is 11.6 Å². The van der Waals surface area contributed by atoms with Crippen molar-refractivity contribution in [2.75, 3.05) is 20.3 Å². The second-order valence-corrected chi connectivity index (χ2v) is 3.54. The van der Waals surface area contributed by atoms with E-state index in [9.17, 15) is 0 Å². The fourth-order valence-electron chi connectivity index (χ4n) is 1.12. The van der Waals surface area contributed by atoms with E-state index in [2.05, 4.69) is 18.2 Å². The molecule has 3 nitrogen and oxygen atoms in total. The maximum Gasteiger partial charge on any atom is 0.0662 e. The van der Waals surface area contributed by atoms with Crippen LogP contribution in [0.4, 0.5) is 0 Å². The van der Waals surface area contributed by atoms with Crippen molar-refractivity contribution < 1.29 is 4.74 Å². The predicted molar refractivity (Wildman–Crippen MR) is 55.4 cm³/mol. The van der Waals surface area contributed by atoms with Gasteiger partial charge in [0.2, 0.25) is 0 Å². The predicted octanol–water partition coefficient (Wildman–Crippen LogP) is 0.352. The maximum atomic E-state index is 5.66. The molecule has 0 radical (unpaired) electrons. The first-order valence-corrected chi connectivity index (χ1v) is 4.51. The molecule has 0 bridgehead atoms. The molecule has 0 amide bonds. The average Bonchev–Trinajstić information content (AvgIpc) is 2.14. The van der Waals surface area contributed by atoms with Crippen LogP contribution in [0.15, 0.2) is 0 Å². The van der Waals surface area contributed by atoms with E-state index in [0.717, 1.165) is 6.42 Å². The summed E-state index contributed by atoms with van der Waals surface area (Å²) in [6, 6.07) is 0.0467. The second kappa shape index (κ2) is 5.98. The number of ether oxygens (including phenoxy) is 1. The molecule has 0 aromatic carbocycles. The minimum Gasteiger partial charge on any atom is -0.385 e. The fourth-order valence-corrected chi connectivity index (χ4v) is 1.12. The fraction of sp³-hybridized carbons (Fsp3) is 0.800. The van der Waals surface area contributed by atoms with Gasteiger partial charge in [0, 0.05) is 25.8 Å². The van der Waals surface area contributed by atoms with E-state index < -0.39 is 0 Å². The molecule has 0 rings (SSSR count).